The molecule has 30 heavy (non-hydrogen) atoms. The van der Waals surface area contributed by atoms with E-state index in [1.165, 1.54) is 38.5 Å². The van der Waals surface area contributed by atoms with E-state index in [0.717, 1.165) is 38.5 Å². The van der Waals surface area contributed by atoms with Crippen LogP contribution in [-0.4, -0.2) is 34.9 Å². The number of unbranched alkanes of at least 4 members (excludes halogenated alkanes) is 10. The maximum atomic E-state index is 12.5. The van der Waals surface area contributed by atoms with E-state index in [2.05, 4.69) is 34.4 Å². The Morgan fingerprint density at radius 2 is 0.967 bits per heavy atom. The van der Waals surface area contributed by atoms with Crippen LogP contribution >= 0.6 is 23.2 Å². The molecule has 0 spiro atoms. The summed E-state index contributed by atoms with van der Waals surface area (Å²) in [6, 6.07) is 0. The molecule has 0 fully saturated rings. The molecule has 1 rings (SSSR count). The van der Waals surface area contributed by atoms with Crippen LogP contribution in [0.15, 0.2) is 0 Å². The second-order valence-electron chi connectivity index (χ2n) is 7.55. The van der Waals surface area contributed by atoms with Crippen molar-refractivity contribution in [3.05, 3.63) is 21.7 Å². The Balaban J connectivity index is 2.55. The molecule has 1 heterocycles. The molecule has 6 nitrogen and oxygen atoms in total. The van der Waals surface area contributed by atoms with E-state index in [0.29, 0.717) is 13.1 Å². The van der Waals surface area contributed by atoms with E-state index < -0.39 is 11.8 Å². The molecule has 0 aromatic carbocycles. The first-order chi connectivity index (χ1) is 14.5. The van der Waals surface area contributed by atoms with Gasteiger partial charge in [-0.2, -0.15) is 0 Å². The van der Waals surface area contributed by atoms with Crippen LogP contribution in [-0.2, 0) is 0 Å². The highest BCUT2D eigenvalue weighted by Gasteiger charge is 2.23. The summed E-state index contributed by atoms with van der Waals surface area (Å²) in [7, 11) is 0. The Morgan fingerprint density at radius 3 is 1.33 bits per heavy atom. The number of amides is 2. The number of carbonyl (C=O) groups excluding carboxylic acids is 2. The van der Waals surface area contributed by atoms with Crippen molar-refractivity contribution in [2.45, 2.75) is 90.9 Å². The maximum Gasteiger partial charge on any atom is 0.272 e. The topological polar surface area (TPSA) is 84.0 Å². The van der Waals surface area contributed by atoms with Gasteiger partial charge in [0.1, 0.15) is 0 Å². The molecule has 0 radical (unpaired) electrons. The van der Waals surface area contributed by atoms with Crippen molar-refractivity contribution in [1.29, 1.82) is 0 Å². The summed E-state index contributed by atoms with van der Waals surface area (Å²) < 4.78 is 0. The fourth-order valence-electron chi connectivity index (χ4n) is 3.09. The largest absolute Gasteiger partial charge is 0.351 e. The van der Waals surface area contributed by atoms with E-state index in [9.17, 15) is 9.59 Å². The highest BCUT2D eigenvalue weighted by Crippen LogP contribution is 2.19. The minimum absolute atomic E-state index is 0.0872. The van der Waals surface area contributed by atoms with Gasteiger partial charge in [0, 0.05) is 13.1 Å². The van der Waals surface area contributed by atoms with Gasteiger partial charge in [-0.25, -0.2) is 9.97 Å². The second kappa shape index (κ2) is 16.3. The van der Waals surface area contributed by atoms with Gasteiger partial charge < -0.3 is 10.6 Å². The Bertz CT molecular complexity index is 601. The lowest BCUT2D eigenvalue weighted by atomic mass is 10.1. The lowest BCUT2D eigenvalue weighted by Gasteiger charge is -2.10. The van der Waals surface area contributed by atoms with Crippen molar-refractivity contribution in [2.75, 3.05) is 13.1 Å². The van der Waals surface area contributed by atoms with Crippen LogP contribution in [0.25, 0.3) is 0 Å². The fourth-order valence-corrected chi connectivity index (χ4v) is 3.35. The van der Waals surface area contributed by atoms with Gasteiger partial charge in [0.15, 0.2) is 21.7 Å². The first-order valence-electron chi connectivity index (χ1n) is 11.3. The summed E-state index contributed by atoms with van der Waals surface area (Å²) in [5, 5.41) is 5.43. The van der Waals surface area contributed by atoms with Crippen molar-refractivity contribution in [2.24, 2.45) is 0 Å². The Labute approximate surface area is 190 Å². The first-order valence-corrected chi connectivity index (χ1v) is 12.1. The van der Waals surface area contributed by atoms with E-state index in [1.54, 1.807) is 0 Å². The van der Waals surface area contributed by atoms with Crippen LogP contribution in [0.2, 0.25) is 10.3 Å². The quantitative estimate of drug-likeness (QED) is 0.299. The molecule has 0 atom stereocenters. The van der Waals surface area contributed by atoms with Gasteiger partial charge in [0.05, 0.1) is 0 Å². The summed E-state index contributed by atoms with van der Waals surface area (Å²) in [6.45, 7) is 5.40. The summed E-state index contributed by atoms with van der Waals surface area (Å²) in [5.41, 5.74) is -0.174. The van der Waals surface area contributed by atoms with E-state index in [4.69, 9.17) is 23.2 Å². The van der Waals surface area contributed by atoms with Crippen LogP contribution < -0.4 is 10.6 Å². The predicted octanol–water partition coefficient (Wildman–Crippen LogP) is 5.96. The summed E-state index contributed by atoms with van der Waals surface area (Å²) in [6.07, 6.45) is 13.5. The summed E-state index contributed by atoms with van der Waals surface area (Å²) >= 11 is 11.9. The molecule has 0 bridgehead atoms. The first kappa shape index (κ1) is 26.6. The number of carbonyl (C=O) groups is 2. The number of hydrogen-bond acceptors (Lipinski definition) is 4. The van der Waals surface area contributed by atoms with Crippen molar-refractivity contribution >= 4 is 35.0 Å². The number of rotatable bonds is 16. The average Bonchev–Trinajstić information content (AvgIpc) is 2.73. The Hall–Kier alpha value is -1.40. The van der Waals surface area contributed by atoms with Gasteiger partial charge in [-0.3, -0.25) is 9.59 Å². The van der Waals surface area contributed by atoms with Crippen LogP contribution in [0.5, 0.6) is 0 Å². The minimum atomic E-state index is -0.459. The van der Waals surface area contributed by atoms with Gasteiger partial charge in [-0.05, 0) is 12.8 Å². The number of halogens is 2. The maximum absolute atomic E-state index is 12.5. The highest BCUT2D eigenvalue weighted by molar-refractivity contribution is 6.40. The molecule has 1 aromatic rings. The molecule has 0 aliphatic rings. The second-order valence-corrected chi connectivity index (χ2v) is 8.27. The van der Waals surface area contributed by atoms with Gasteiger partial charge >= 0.3 is 0 Å². The van der Waals surface area contributed by atoms with E-state index in [-0.39, 0.29) is 21.7 Å². The van der Waals surface area contributed by atoms with Crippen LogP contribution in [0, 0.1) is 0 Å². The zero-order valence-corrected chi connectivity index (χ0v) is 19.9. The molecule has 0 saturated carbocycles. The molecule has 1 aromatic heterocycles. The van der Waals surface area contributed by atoms with E-state index >= 15 is 0 Å². The molecule has 8 heteroatoms. The van der Waals surface area contributed by atoms with Crippen molar-refractivity contribution < 1.29 is 9.59 Å². The van der Waals surface area contributed by atoms with Crippen molar-refractivity contribution in [3.8, 4) is 0 Å². The fraction of sp³-hybridized carbons (Fsp3) is 0.727. The van der Waals surface area contributed by atoms with Crippen molar-refractivity contribution in [3.63, 3.8) is 0 Å². The van der Waals surface area contributed by atoms with E-state index in [1.807, 2.05) is 0 Å². The van der Waals surface area contributed by atoms with Gasteiger partial charge in [-0.15, -0.1) is 0 Å². The molecule has 0 aliphatic carbocycles. The zero-order valence-electron chi connectivity index (χ0n) is 18.4. The molecule has 0 aliphatic heterocycles. The van der Waals surface area contributed by atoms with Gasteiger partial charge in [-0.1, -0.05) is 101 Å². The predicted molar refractivity (Wildman–Crippen MR) is 123 cm³/mol. The van der Waals surface area contributed by atoms with Gasteiger partial charge in [0.2, 0.25) is 0 Å². The third kappa shape index (κ3) is 10.6. The van der Waals surface area contributed by atoms with Crippen LogP contribution in [0.3, 0.4) is 0 Å². The molecule has 170 valence electrons. The normalized spacial score (nSPS) is 10.8. The molecular weight excluding hydrogens is 423 g/mol. The van der Waals surface area contributed by atoms with Crippen LogP contribution in [0.4, 0.5) is 0 Å². The zero-order chi connectivity index (χ0) is 22.2. The summed E-state index contributed by atoms with van der Waals surface area (Å²) in [5.74, 6) is -0.918. The third-order valence-electron chi connectivity index (χ3n) is 4.88. The number of nitrogens with one attached hydrogen (secondary N) is 2. The number of aromatic nitrogens is 2. The molecule has 2 N–H and O–H groups in total. The minimum Gasteiger partial charge on any atom is -0.351 e. The van der Waals surface area contributed by atoms with Gasteiger partial charge in [0.25, 0.3) is 11.8 Å². The summed E-state index contributed by atoms with van der Waals surface area (Å²) in [4.78, 5) is 33.1. The molecule has 0 unspecified atom stereocenters. The molecular formula is C22H36Cl2N4O2. The third-order valence-corrected chi connectivity index (χ3v) is 5.50. The standard InChI is InChI=1S/C22H36Cl2N4O2/c1-3-5-7-9-11-13-15-25-21(29)17-18(28-20(24)19(23)27-17)22(30)26-16-14-12-10-8-6-4-2/h3-16H2,1-2H3,(H,25,29)(H,26,30). The highest BCUT2D eigenvalue weighted by atomic mass is 35.5. The molecule has 0 saturated heterocycles. The lowest BCUT2D eigenvalue weighted by Crippen LogP contribution is -2.32. The SMILES string of the molecule is CCCCCCCCNC(=O)c1nc(Cl)c(Cl)nc1C(=O)NCCCCCCCC. The Morgan fingerprint density at radius 1 is 0.633 bits per heavy atom. The lowest BCUT2D eigenvalue weighted by molar-refractivity contribution is 0.0910. The molecule has 2 amide bonds. The average molecular weight is 459 g/mol. The number of hydrogen-bond donors (Lipinski definition) is 2. The number of nitrogens with zero attached hydrogens (tertiary/aromatic N) is 2. The smallest absolute Gasteiger partial charge is 0.272 e. The van der Waals surface area contributed by atoms with Crippen molar-refractivity contribution in [1.82, 2.24) is 20.6 Å². The van der Waals surface area contributed by atoms with Crippen LogP contribution in [0.1, 0.15) is 112 Å². The monoisotopic (exact) mass is 458 g/mol. The Kier molecular flexibility index (Phi) is 14.5.